The van der Waals surface area contributed by atoms with E-state index in [9.17, 15) is 22.8 Å². The number of aryl methyl sites for hydroxylation is 1. The lowest BCUT2D eigenvalue weighted by Gasteiger charge is -2.24. The van der Waals surface area contributed by atoms with Crippen molar-refractivity contribution in [3.8, 4) is 0 Å². The Morgan fingerprint density at radius 1 is 1.17 bits per heavy atom. The average molecular weight is 415 g/mol. The minimum atomic E-state index is -4.22. The van der Waals surface area contributed by atoms with Gasteiger partial charge < -0.3 is 10.6 Å². The van der Waals surface area contributed by atoms with Crippen LogP contribution in [0.4, 0.5) is 0 Å². The Morgan fingerprint density at radius 2 is 1.86 bits per heavy atom. The number of nitrogens with two attached hydrogens (primary N) is 1. The van der Waals surface area contributed by atoms with E-state index in [2.05, 4.69) is 0 Å². The van der Waals surface area contributed by atoms with Crippen LogP contribution in [0.3, 0.4) is 0 Å². The van der Waals surface area contributed by atoms with Crippen LogP contribution in [0, 0.1) is 6.92 Å². The van der Waals surface area contributed by atoms with Crippen molar-refractivity contribution in [1.29, 1.82) is 0 Å². The molecule has 3 amide bonds. The fourth-order valence-corrected chi connectivity index (χ4v) is 4.23. The van der Waals surface area contributed by atoms with Crippen LogP contribution in [0.2, 0.25) is 0 Å². The summed E-state index contributed by atoms with van der Waals surface area (Å²) in [6.45, 7) is 2.16. The van der Waals surface area contributed by atoms with Gasteiger partial charge in [-0.3, -0.25) is 14.4 Å². The van der Waals surface area contributed by atoms with Crippen molar-refractivity contribution in [2.75, 3.05) is 0 Å². The van der Waals surface area contributed by atoms with Crippen molar-refractivity contribution in [2.45, 2.75) is 37.2 Å². The first-order valence-electron chi connectivity index (χ1n) is 8.99. The van der Waals surface area contributed by atoms with Crippen molar-refractivity contribution in [2.24, 2.45) is 5.73 Å². The Kier molecular flexibility index (Phi) is 5.69. The number of amides is 3. The number of sulfonamides is 1. The molecule has 2 aromatic rings. The van der Waals surface area contributed by atoms with Gasteiger partial charge in [-0.25, -0.2) is 13.1 Å². The second-order valence-corrected chi connectivity index (χ2v) is 8.61. The zero-order chi connectivity index (χ0) is 21.2. The molecular formula is C20H21N3O5S. The van der Waals surface area contributed by atoms with Crippen LogP contribution >= 0.6 is 0 Å². The Balaban J connectivity index is 1.77. The summed E-state index contributed by atoms with van der Waals surface area (Å²) < 4.78 is 27.2. The first-order chi connectivity index (χ1) is 13.7. The molecule has 152 valence electrons. The Labute approximate surface area is 168 Å². The zero-order valence-corrected chi connectivity index (χ0v) is 16.6. The summed E-state index contributed by atoms with van der Waals surface area (Å²) >= 11 is 0. The fourth-order valence-electron chi connectivity index (χ4n) is 3.17. The number of rotatable bonds is 6. The van der Waals surface area contributed by atoms with E-state index in [0.29, 0.717) is 0 Å². The van der Waals surface area contributed by atoms with E-state index in [1.807, 2.05) is 35.9 Å². The highest BCUT2D eigenvalue weighted by molar-refractivity contribution is 7.90. The molecule has 1 aliphatic rings. The maximum atomic E-state index is 12.7. The average Bonchev–Trinajstić information content (AvgIpc) is 3.04. The molecule has 3 N–H and O–H groups in total. The van der Waals surface area contributed by atoms with Crippen LogP contribution < -0.4 is 10.5 Å². The molecule has 0 radical (unpaired) electrons. The van der Waals surface area contributed by atoms with Gasteiger partial charge in [0.1, 0.15) is 6.04 Å². The highest BCUT2D eigenvalue weighted by atomic mass is 32.2. The highest BCUT2D eigenvalue weighted by Crippen LogP contribution is 2.23. The van der Waals surface area contributed by atoms with Gasteiger partial charge in [-0.05, 0) is 37.1 Å². The van der Waals surface area contributed by atoms with Gasteiger partial charge in [0.15, 0.2) is 0 Å². The Bertz CT molecular complexity index is 1060. The molecule has 1 fully saturated rings. The molecule has 1 unspecified atom stereocenters. The van der Waals surface area contributed by atoms with Crippen molar-refractivity contribution < 1.29 is 22.8 Å². The predicted molar refractivity (Wildman–Crippen MR) is 105 cm³/mol. The van der Waals surface area contributed by atoms with Crippen LogP contribution in [0.15, 0.2) is 53.4 Å². The van der Waals surface area contributed by atoms with Gasteiger partial charge in [0.05, 0.1) is 4.90 Å². The number of carbonyl (C=O) groups is 3. The molecule has 8 nitrogen and oxygen atoms in total. The molecule has 29 heavy (non-hydrogen) atoms. The van der Waals surface area contributed by atoms with Gasteiger partial charge in [-0.1, -0.05) is 35.9 Å². The molecule has 0 aliphatic carbocycles. The Hall–Kier alpha value is -3.20. The molecule has 9 heteroatoms. The van der Waals surface area contributed by atoms with E-state index in [1.54, 1.807) is 0 Å². The van der Waals surface area contributed by atoms with Gasteiger partial charge in [0.25, 0.3) is 15.9 Å². The molecule has 1 saturated heterocycles. The normalized spacial score (nSPS) is 16.7. The van der Waals surface area contributed by atoms with E-state index in [4.69, 9.17) is 5.73 Å². The number of primary amides is 1. The number of benzene rings is 2. The molecule has 0 aromatic heterocycles. The summed E-state index contributed by atoms with van der Waals surface area (Å²) in [7, 11) is -4.22. The number of carbonyl (C=O) groups excluding carboxylic acids is 3. The number of hydrogen-bond donors (Lipinski definition) is 2. The summed E-state index contributed by atoms with van der Waals surface area (Å²) in [5.74, 6) is -1.77. The Morgan fingerprint density at radius 3 is 2.52 bits per heavy atom. The number of hydrogen-bond acceptors (Lipinski definition) is 5. The minimum Gasteiger partial charge on any atom is -0.366 e. The predicted octanol–water partition coefficient (Wildman–Crippen LogP) is 1.09. The van der Waals surface area contributed by atoms with E-state index in [-0.39, 0.29) is 35.8 Å². The summed E-state index contributed by atoms with van der Waals surface area (Å²) in [4.78, 5) is 37.4. The molecule has 0 spiro atoms. The zero-order valence-electron chi connectivity index (χ0n) is 15.8. The monoisotopic (exact) mass is 415 g/mol. The van der Waals surface area contributed by atoms with Crippen molar-refractivity contribution in [3.05, 3.63) is 65.2 Å². The van der Waals surface area contributed by atoms with Gasteiger partial charge in [-0.2, -0.15) is 0 Å². The number of likely N-dealkylation sites (tertiary alicyclic amines) is 1. The second-order valence-electron chi connectivity index (χ2n) is 6.92. The van der Waals surface area contributed by atoms with E-state index in [1.165, 1.54) is 23.1 Å². The summed E-state index contributed by atoms with van der Waals surface area (Å²) in [5, 5.41) is 0. The van der Waals surface area contributed by atoms with Crippen LogP contribution in [-0.4, -0.2) is 37.1 Å². The lowest BCUT2D eigenvalue weighted by atomic mass is 10.1. The van der Waals surface area contributed by atoms with Crippen molar-refractivity contribution in [3.63, 3.8) is 0 Å². The largest absolute Gasteiger partial charge is 0.366 e. The first-order valence-corrected chi connectivity index (χ1v) is 10.5. The number of nitrogens with one attached hydrogen (secondary N) is 1. The van der Waals surface area contributed by atoms with E-state index < -0.39 is 27.9 Å². The maximum absolute atomic E-state index is 12.7. The third-order valence-corrected chi connectivity index (χ3v) is 6.11. The van der Waals surface area contributed by atoms with Crippen LogP contribution in [0.25, 0.3) is 0 Å². The smallest absolute Gasteiger partial charge is 0.264 e. The summed E-state index contributed by atoms with van der Waals surface area (Å²) in [6.07, 6.45) is 0.397. The highest BCUT2D eigenvalue weighted by Gasteiger charge is 2.37. The summed E-state index contributed by atoms with van der Waals surface area (Å²) in [6, 6.07) is 11.7. The van der Waals surface area contributed by atoms with E-state index in [0.717, 1.165) is 17.2 Å². The number of nitrogens with zero attached hydrogens (tertiary/aromatic N) is 1. The van der Waals surface area contributed by atoms with Gasteiger partial charge in [-0.15, -0.1) is 0 Å². The fraction of sp³-hybridized carbons (Fsp3) is 0.250. The molecule has 3 rings (SSSR count). The molecule has 2 aromatic carbocycles. The molecule has 1 aliphatic heterocycles. The molecular weight excluding hydrogens is 394 g/mol. The third-order valence-electron chi connectivity index (χ3n) is 4.77. The van der Waals surface area contributed by atoms with Crippen LogP contribution in [0.5, 0.6) is 0 Å². The molecule has 0 saturated carbocycles. The van der Waals surface area contributed by atoms with Crippen molar-refractivity contribution in [1.82, 2.24) is 9.62 Å². The molecule has 1 heterocycles. The lowest BCUT2D eigenvalue weighted by Crippen LogP contribution is -2.46. The van der Waals surface area contributed by atoms with E-state index >= 15 is 0 Å². The van der Waals surface area contributed by atoms with Gasteiger partial charge in [0.2, 0.25) is 11.8 Å². The topological polar surface area (TPSA) is 127 Å². The van der Waals surface area contributed by atoms with Crippen molar-refractivity contribution >= 4 is 27.7 Å². The SMILES string of the molecule is Cc1ccc(CN2C(=O)CCC2C(=O)NS(=O)(=O)c2cccc(C(N)=O)c2)cc1. The van der Waals surface area contributed by atoms with Gasteiger partial charge in [0, 0.05) is 18.5 Å². The van der Waals surface area contributed by atoms with Crippen LogP contribution in [-0.2, 0) is 26.2 Å². The van der Waals surface area contributed by atoms with Gasteiger partial charge >= 0.3 is 0 Å². The third kappa shape index (κ3) is 4.62. The quantitative estimate of drug-likeness (QED) is 0.730. The maximum Gasteiger partial charge on any atom is 0.264 e. The standard InChI is InChI=1S/C20H21N3O5S/c1-13-5-7-14(8-6-13)12-23-17(9-10-18(23)24)20(26)22-29(27,28)16-4-2-3-15(11-16)19(21)25/h2-8,11,17H,9-10,12H2,1H3,(H2,21,25)(H,22,26). The molecule has 0 bridgehead atoms. The first kappa shape index (κ1) is 20.5. The minimum absolute atomic E-state index is 0.0114. The van der Waals surface area contributed by atoms with Crippen LogP contribution in [0.1, 0.15) is 34.3 Å². The second kappa shape index (κ2) is 8.04. The lowest BCUT2D eigenvalue weighted by molar-refractivity contribution is -0.135. The molecule has 1 atom stereocenters. The summed E-state index contributed by atoms with van der Waals surface area (Å²) in [5.41, 5.74) is 7.11.